The van der Waals surface area contributed by atoms with E-state index in [9.17, 15) is 0 Å². The Balaban J connectivity index is 2.05. The molecule has 1 aromatic carbocycles. The molecule has 1 nitrogen and oxygen atoms in total. The molecule has 0 spiro atoms. The van der Waals surface area contributed by atoms with E-state index in [1.54, 1.807) is 11.8 Å². The zero-order chi connectivity index (χ0) is 10.7. The van der Waals surface area contributed by atoms with Crippen LogP contribution in [-0.2, 0) is 6.42 Å². The highest BCUT2D eigenvalue weighted by Crippen LogP contribution is 2.26. The van der Waals surface area contributed by atoms with Crippen LogP contribution in [0.25, 0.3) is 0 Å². The van der Waals surface area contributed by atoms with Crippen molar-refractivity contribution >= 4 is 23.4 Å². The monoisotopic (exact) mass is 241 g/mol. The van der Waals surface area contributed by atoms with Gasteiger partial charge in [-0.3, -0.25) is 0 Å². The average molecular weight is 242 g/mol. The number of nitrogens with one attached hydrogen (secondary N) is 1. The fraction of sp³-hybridized carbons (Fsp3) is 0.500. The lowest BCUT2D eigenvalue weighted by Crippen LogP contribution is -2.23. The lowest BCUT2D eigenvalue weighted by molar-refractivity contribution is 0.603. The van der Waals surface area contributed by atoms with Gasteiger partial charge in [0.2, 0.25) is 0 Å². The highest BCUT2D eigenvalue weighted by molar-refractivity contribution is 7.98. The molecule has 1 heterocycles. The number of hydrogen-bond acceptors (Lipinski definition) is 2. The summed E-state index contributed by atoms with van der Waals surface area (Å²) < 4.78 is 0. The standard InChI is InChI=1S/C12H16ClNS/c1-15-12-5-4-9(8-11(12)13)7-10-3-2-6-14-10/h4-5,8,10,14H,2-3,6-7H2,1H3. The fourth-order valence-electron chi connectivity index (χ4n) is 2.05. The van der Waals surface area contributed by atoms with E-state index in [2.05, 4.69) is 29.8 Å². The second-order valence-corrected chi connectivity index (χ2v) is 5.22. The van der Waals surface area contributed by atoms with Crippen molar-refractivity contribution in [3.8, 4) is 0 Å². The fourth-order valence-corrected chi connectivity index (χ4v) is 2.94. The summed E-state index contributed by atoms with van der Waals surface area (Å²) in [6, 6.07) is 7.07. The van der Waals surface area contributed by atoms with Gasteiger partial charge < -0.3 is 5.32 Å². The highest BCUT2D eigenvalue weighted by atomic mass is 35.5. The maximum atomic E-state index is 6.17. The first-order valence-corrected chi connectivity index (χ1v) is 6.95. The molecule has 1 aromatic rings. The van der Waals surface area contributed by atoms with Crippen molar-refractivity contribution in [2.45, 2.75) is 30.2 Å². The molecule has 0 radical (unpaired) electrons. The molecule has 0 bridgehead atoms. The van der Waals surface area contributed by atoms with Gasteiger partial charge in [0.05, 0.1) is 5.02 Å². The Bertz CT molecular complexity index is 334. The summed E-state index contributed by atoms with van der Waals surface area (Å²) in [7, 11) is 0. The van der Waals surface area contributed by atoms with Gasteiger partial charge >= 0.3 is 0 Å². The Morgan fingerprint density at radius 2 is 2.40 bits per heavy atom. The van der Waals surface area contributed by atoms with Gasteiger partial charge in [0.15, 0.2) is 0 Å². The second-order valence-electron chi connectivity index (χ2n) is 3.97. The predicted molar refractivity (Wildman–Crippen MR) is 68.0 cm³/mol. The van der Waals surface area contributed by atoms with Crippen molar-refractivity contribution in [2.24, 2.45) is 0 Å². The molecule has 1 aliphatic rings. The van der Waals surface area contributed by atoms with Gasteiger partial charge in [-0.25, -0.2) is 0 Å². The Hall–Kier alpha value is -0.180. The van der Waals surface area contributed by atoms with Crippen LogP contribution in [0.3, 0.4) is 0 Å². The van der Waals surface area contributed by atoms with E-state index >= 15 is 0 Å². The van der Waals surface area contributed by atoms with Crippen LogP contribution < -0.4 is 5.32 Å². The lowest BCUT2D eigenvalue weighted by Gasteiger charge is -2.11. The van der Waals surface area contributed by atoms with Gasteiger partial charge in [0.25, 0.3) is 0 Å². The van der Waals surface area contributed by atoms with Crippen LogP contribution in [0.1, 0.15) is 18.4 Å². The number of halogens is 1. The largest absolute Gasteiger partial charge is 0.314 e. The first-order chi connectivity index (χ1) is 7.29. The zero-order valence-electron chi connectivity index (χ0n) is 8.92. The van der Waals surface area contributed by atoms with Crippen molar-refractivity contribution in [1.82, 2.24) is 5.32 Å². The number of benzene rings is 1. The molecule has 1 N–H and O–H groups in total. The van der Waals surface area contributed by atoms with Crippen molar-refractivity contribution in [3.63, 3.8) is 0 Å². The van der Waals surface area contributed by atoms with Crippen LogP contribution in [0.15, 0.2) is 23.1 Å². The van der Waals surface area contributed by atoms with Gasteiger partial charge in [-0.15, -0.1) is 11.8 Å². The smallest absolute Gasteiger partial charge is 0.0544 e. The molecule has 82 valence electrons. The van der Waals surface area contributed by atoms with E-state index in [1.807, 2.05) is 0 Å². The summed E-state index contributed by atoms with van der Waals surface area (Å²) in [5.74, 6) is 0. The van der Waals surface area contributed by atoms with Gasteiger partial charge in [-0.2, -0.15) is 0 Å². The Labute approximate surface area is 101 Å². The van der Waals surface area contributed by atoms with Crippen molar-refractivity contribution in [2.75, 3.05) is 12.8 Å². The summed E-state index contributed by atoms with van der Waals surface area (Å²) in [6.07, 6.45) is 5.76. The summed E-state index contributed by atoms with van der Waals surface area (Å²) in [6.45, 7) is 1.17. The molecule has 1 fully saturated rings. The molecule has 15 heavy (non-hydrogen) atoms. The Morgan fingerprint density at radius 1 is 1.53 bits per heavy atom. The Morgan fingerprint density at radius 3 is 3.00 bits per heavy atom. The third-order valence-electron chi connectivity index (χ3n) is 2.86. The summed E-state index contributed by atoms with van der Waals surface area (Å²) in [4.78, 5) is 1.17. The minimum atomic E-state index is 0.654. The van der Waals surface area contributed by atoms with Gasteiger partial charge in [0.1, 0.15) is 0 Å². The summed E-state index contributed by atoms with van der Waals surface area (Å²) >= 11 is 7.87. The molecule has 0 saturated carbocycles. The van der Waals surface area contributed by atoms with E-state index in [-0.39, 0.29) is 0 Å². The van der Waals surface area contributed by atoms with Crippen molar-refractivity contribution in [3.05, 3.63) is 28.8 Å². The molecular weight excluding hydrogens is 226 g/mol. The van der Waals surface area contributed by atoms with Crippen LogP contribution in [0.2, 0.25) is 5.02 Å². The maximum Gasteiger partial charge on any atom is 0.0544 e. The highest BCUT2D eigenvalue weighted by Gasteiger charge is 2.14. The van der Waals surface area contributed by atoms with Crippen molar-refractivity contribution < 1.29 is 0 Å². The SMILES string of the molecule is CSc1ccc(CC2CCCN2)cc1Cl. The topological polar surface area (TPSA) is 12.0 Å². The first-order valence-electron chi connectivity index (χ1n) is 5.35. The molecule has 0 aliphatic carbocycles. The third-order valence-corrected chi connectivity index (χ3v) is 4.08. The van der Waals surface area contributed by atoms with E-state index in [0.29, 0.717) is 6.04 Å². The van der Waals surface area contributed by atoms with Crippen LogP contribution in [0.4, 0.5) is 0 Å². The van der Waals surface area contributed by atoms with Gasteiger partial charge in [-0.1, -0.05) is 17.7 Å². The predicted octanol–water partition coefficient (Wildman–Crippen LogP) is 3.36. The van der Waals surface area contributed by atoms with Gasteiger partial charge in [-0.05, 0) is 49.8 Å². The molecule has 1 saturated heterocycles. The lowest BCUT2D eigenvalue weighted by atomic mass is 10.1. The molecule has 2 rings (SSSR count). The van der Waals surface area contributed by atoms with Crippen LogP contribution in [0.5, 0.6) is 0 Å². The maximum absolute atomic E-state index is 6.17. The summed E-state index contributed by atoms with van der Waals surface area (Å²) in [5, 5.41) is 4.39. The van der Waals surface area contributed by atoms with E-state index in [4.69, 9.17) is 11.6 Å². The van der Waals surface area contributed by atoms with E-state index in [1.165, 1.54) is 29.8 Å². The minimum Gasteiger partial charge on any atom is -0.314 e. The molecule has 1 atom stereocenters. The van der Waals surface area contributed by atoms with Gasteiger partial charge in [0, 0.05) is 10.9 Å². The van der Waals surface area contributed by atoms with E-state index in [0.717, 1.165) is 11.4 Å². The second kappa shape index (κ2) is 5.24. The zero-order valence-corrected chi connectivity index (χ0v) is 10.5. The van der Waals surface area contributed by atoms with Crippen LogP contribution >= 0.6 is 23.4 Å². The normalized spacial score (nSPS) is 20.8. The number of hydrogen-bond donors (Lipinski definition) is 1. The van der Waals surface area contributed by atoms with E-state index < -0.39 is 0 Å². The molecule has 1 aliphatic heterocycles. The number of rotatable bonds is 3. The quantitative estimate of drug-likeness (QED) is 0.815. The molecule has 0 amide bonds. The average Bonchev–Trinajstić information content (AvgIpc) is 2.71. The molecular formula is C12H16ClNS. The molecule has 3 heteroatoms. The minimum absolute atomic E-state index is 0.654. The molecule has 0 aromatic heterocycles. The summed E-state index contributed by atoms with van der Waals surface area (Å²) in [5.41, 5.74) is 1.34. The first kappa shape index (κ1) is 11.3. The Kier molecular flexibility index (Phi) is 3.95. The van der Waals surface area contributed by atoms with Crippen molar-refractivity contribution in [1.29, 1.82) is 0 Å². The van der Waals surface area contributed by atoms with Crippen LogP contribution in [0, 0.1) is 0 Å². The third kappa shape index (κ3) is 2.90. The van der Waals surface area contributed by atoms with Crippen LogP contribution in [-0.4, -0.2) is 18.8 Å². The number of thioether (sulfide) groups is 1. The molecule has 1 unspecified atom stereocenters.